The lowest BCUT2D eigenvalue weighted by atomic mass is 9.94. The molecule has 7 heteroatoms. The van der Waals surface area contributed by atoms with Crippen LogP contribution in [0, 0.1) is 5.82 Å². The predicted molar refractivity (Wildman–Crippen MR) is 90.0 cm³/mol. The Morgan fingerprint density at radius 2 is 2.08 bits per heavy atom. The summed E-state index contributed by atoms with van der Waals surface area (Å²) in [4.78, 5) is 26.6. The summed E-state index contributed by atoms with van der Waals surface area (Å²) in [6.07, 6.45) is 1.79. The van der Waals surface area contributed by atoms with E-state index in [1.54, 1.807) is 6.07 Å². The van der Waals surface area contributed by atoms with Crippen molar-refractivity contribution in [1.82, 2.24) is 4.90 Å². The zero-order valence-electron chi connectivity index (χ0n) is 14.1. The number of methoxy groups -OCH3 is 1. The Bertz CT molecular complexity index is 843. The standard InChI is InChI=1S/C19H18FNO5/c1-25-10-5-9-21-16(12-6-2-3-7-13(12)20)15(18(23)19(21)24)17(22)14-8-4-11-26-14/h2-4,6-8,11,16,23H,5,9-10H2,1H3. The minimum absolute atomic E-state index is 0.0283. The summed E-state index contributed by atoms with van der Waals surface area (Å²) in [6, 6.07) is 7.79. The fourth-order valence-corrected chi connectivity index (χ4v) is 3.06. The van der Waals surface area contributed by atoms with Crippen molar-refractivity contribution in [3.63, 3.8) is 0 Å². The molecule has 1 N–H and O–H groups in total. The monoisotopic (exact) mass is 359 g/mol. The summed E-state index contributed by atoms with van der Waals surface area (Å²) in [5.41, 5.74) is -0.0512. The SMILES string of the molecule is COCCCN1C(=O)C(O)=C(C(=O)c2ccco2)C1c1ccccc1F. The average molecular weight is 359 g/mol. The van der Waals surface area contributed by atoms with E-state index in [1.165, 1.54) is 48.6 Å². The van der Waals surface area contributed by atoms with Crippen molar-refractivity contribution < 1.29 is 28.2 Å². The fraction of sp³-hybridized carbons (Fsp3) is 0.263. The molecule has 1 aliphatic heterocycles. The number of carbonyl (C=O) groups excluding carboxylic acids is 2. The van der Waals surface area contributed by atoms with E-state index >= 15 is 0 Å². The summed E-state index contributed by atoms with van der Waals surface area (Å²) < 4.78 is 24.5. The van der Waals surface area contributed by atoms with Crippen LogP contribution in [0.25, 0.3) is 0 Å². The van der Waals surface area contributed by atoms with Crippen molar-refractivity contribution in [3.8, 4) is 0 Å². The summed E-state index contributed by atoms with van der Waals surface area (Å²) in [5.74, 6) is -2.65. The molecule has 1 atom stereocenters. The van der Waals surface area contributed by atoms with Crippen LogP contribution in [-0.4, -0.2) is 42.0 Å². The van der Waals surface area contributed by atoms with Crippen LogP contribution in [0.4, 0.5) is 4.39 Å². The van der Waals surface area contributed by atoms with Gasteiger partial charge in [-0.15, -0.1) is 0 Å². The first-order valence-corrected chi connectivity index (χ1v) is 8.12. The van der Waals surface area contributed by atoms with Crippen molar-refractivity contribution in [3.05, 3.63) is 71.1 Å². The second-order valence-corrected chi connectivity index (χ2v) is 5.84. The average Bonchev–Trinajstić information content (AvgIpc) is 3.25. The van der Waals surface area contributed by atoms with Crippen molar-refractivity contribution in [2.24, 2.45) is 0 Å². The predicted octanol–water partition coefficient (Wildman–Crippen LogP) is 3.03. The number of aliphatic hydroxyl groups excluding tert-OH is 1. The highest BCUT2D eigenvalue weighted by Crippen LogP contribution is 2.39. The van der Waals surface area contributed by atoms with Crippen LogP contribution in [-0.2, 0) is 9.53 Å². The first-order chi connectivity index (χ1) is 12.6. The molecule has 136 valence electrons. The van der Waals surface area contributed by atoms with Gasteiger partial charge in [0, 0.05) is 25.8 Å². The van der Waals surface area contributed by atoms with E-state index < -0.39 is 29.3 Å². The van der Waals surface area contributed by atoms with Crippen LogP contribution in [0.3, 0.4) is 0 Å². The Kier molecular flexibility index (Phi) is 5.18. The maximum Gasteiger partial charge on any atom is 0.290 e. The van der Waals surface area contributed by atoms with E-state index in [0.29, 0.717) is 13.0 Å². The van der Waals surface area contributed by atoms with Crippen molar-refractivity contribution in [2.45, 2.75) is 12.5 Å². The van der Waals surface area contributed by atoms with Gasteiger partial charge in [0.15, 0.2) is 11.5 Å². The number of halogens is 1. The molecule has 1 aromatic heterocycles. The van der Waals surface area contributed by atoms with Gasteiger partial charge in [0.25, 0.3) is 5.91 Å². The van der Waals surface area contributed by atoms with Gasteiger partial charge in [-0.25, -0.2) is 4.39 Å². The molecule has 3 rings (SSSR count). The number of ether oxygens (including phenoxy) is 1. The Morgan fingerprint density at radius 3 is 2.73 bits per heavy atom. The summed E-state index contributed by atoms with van der Waals surface area (Å²) in [5, 5.41) is 10.3. The Hall–Kier alpha value is -2.93. The molecule has 0 saturated heterocycles. The normalized spacial score (nSPS) is 17.2. The third-order valence-electron chi connectivity index (χ3n) is 4.24. The molecule has 1 aliphatic rings. The minimum atomic E-state index is -1.03. The number of nitrogens with zero attached hydrogens (tertiary/aromatic N) is 1. The number of furan rings is 1. The van der Waals surface area contributed by atoms with Gasteiger partial charge in [0.05, 0.1) is 17.9 Å². The third-order valence-corrected chi connectivity index (χ3v) is 4.24. The first-order valence-electron chi connectivity index (χ1n) is 8.12. The largest absolute Gasteiger partial charge is 0.503 e. The van der Waals surface area contributed by atoms with E-state index in [9.17, 15) is 19.1 Å². The highest BCUT2D eigenvalue weighted by Gasteiger charge is 2.45. The number of amides is 1. The summed E-state index contributed by atoms with van der Waals surface area (Å²) in [6.45, 7) is 0.584. The number of carbonyl (C=O) groups is 2. The van der Waals surface area contributed by atoms with Gasteiger partial charge in [0.1, 0.15) is 5.82 Å². The molecular weight excluding hydrogens is 341 g/mol. The number of Topliss-reactive ketones (excluding diaryl/α,β-unsaturated/α-hetero) is 1. The lowest BCUT2D eigenvalue weighted by molar-refractivity contribution is -0.129. The van der Waals surface area contributed by atoms with Gasteiger partial charge in [0.2, 0.25) is 5.78 Å². The molecule has 0 bridgehead atoms. The van der Waals surface area contributed by atoms with Crippen molar-refractivity contribution in [2.75, 3.05) is 20.3 Å². The van der Waals surface area contributed by atoms with Crippen LogP contribution >= 0.6 is 0 Å². The summed E-state index contributed by atoms with van der Waals surface area (Å²) in [7, 11) is 1.53. The van der Waals surface area contributed by atoms with Gasteiger partial charge in [-0.05, 0) is 24.6 Å². The zero-order chi connectivity index (χ0) is 18.7. The molecule has 0 aliphatic carbocycles. The van der Waals surface area contributed by atoms with E-state index in [2.05, 4.69) is 0 Å². The Balaban J connectivity index is 2.05. The maximum absolute atomic E-state index is 14.4. The second-order valence-electron chi connectivity index (χ2n) is 5.84. The molecule has 2 aromatic rings. The molecular formula is C19H18FNO5. The quantitative estimate of drug-likeness (QED) is 0.607. The lowest BCUT2D eigenvalue weighted by Gasteiger charge is -2.26. The lowest BCUT2D eigenvalue weighted by Crippen LogP contribution is -2.33. The Morgan fingerprint density at radius 1 is 1.31 bits per heavy atom. The number of hydrogen-bond acceptors (Lipinski definition) is 5. The first kappa shape index (κ1) is 17.9. The molecule has 1 unspecified atom stereocenters. The van der Waals surface area contributed by atoms with Gasteiger partial charge in [-0.3, -0.25) is 9.59 Å². The van der Waals surface area contributed by atoms with Gasteiger partial charge in [-0.1, -0.05) is 18.2 Å². The molecule has 6 nitrogen and oxygen atoms in total. The van der Waals surface area contributed by atoms with Crippen LogP contribution in [0.15, 0.2) is 58.4 Å². The smallest absolute Gasteiger partial charge is 0.290 e. The highest BCUT2D eigenvalue weighted by atomic mass is 19.1. The number of aliphatic hydroxyl groups is 1. The highest BCUT2D eigenvalue weighted by molar-refractivity contribution is 6.15. The van der Waals surface area contributed by atoms with E-state index in [4.69, 9.17) is 9.15 Å². The van der Waals surface area contributed by atoms with Gasteiger partial charge in [-0.2, -0.15) is 0 Å². The van der Waals surface area contributed by atoms with Crippen molar-refractivity contribution in [1.29, 1.82) is 0 Å². The van der Waals surface area contributed by atoms with Gasteiger partial charge < -0.3 is 19.2 Å². The molecule has 26 heavy (non-hydrogen) atoms. The molecule has 0 radical (unpaired) electrons. The maximum atomic E-state index is 14.4. The van der Waals surface area contributed by atoms with E-state index in [0.717, 1.165) is 0 Å². The molecule has 1 aromatic carbocycles. The van der Waals surface area contributed by atoms with Crippen LogP contribution in [0.5, 0.6) is 0 Å². The number of benzene rings is 1. The molecule has 1 amide bonds. The minimum Gasteiger partial charge on any atom is -0.503 e. The number of rotatable bonds is 7. The second kappa shape index (κ2) is 7.53. The fourth-order valence-electron chi connectivity index (χ4n) is 3.06. The summed E-state index contributed by atoms with van der Waals surface area (Å²) >= 11 is 0. The molecule has 2 heterocycles. The van der Waals surface area contributed by atoms with Crippen molar-refractivity contribution >= 4 is 11.7 Å². The van der Waals surface area contributed by atoms with Crippen LogP contribution in [0.2, 0.25) is 0 Å². The van der Waals surface area contributed by atoms with E-state index in [-0.39, 0.29) is 23.4 Å². The van der Waals surface area contributed by atoms with Crippen LogP contribution < -0.4 is 0 Å². The number of ketones is 1. The zero-order valence-corrected chi connectivity index (χ0v) is 14.1. The topological polar surface area (TPSA) is 80.0 Å². The van der Waals surface area contributed by atoms with E-state index in [1.807, 2.05) is 0 Å². The number of hydrogen-bond donors (Lipinski definition) is 1. The molecule has 0 saturated carbocycles. The molecule has 0 spiro atoms. The molecule has 0 fully saturated rings. The van der Waals surface area contributed by atoms with Gasteiger partial charge >= 0.3 is 0 Å². The van der Waals surface area contributed by atoms with Crippen LogP contribution in [0.1, 0.15) is 28.6 Å². The Labute approximate surface area is 149 Å². The third kappa shape index (κ3) is 3.13.